The van der Waals surface area contributed by atoms with Crippen molar-refractivity contribution in [2.75, 3.05) is 0 Å². The molecule has 0 saturated carbocycles. The fourth-order valence-electron chi connectivity index (χ4n) is 2.61. The van der Waals surface area contributed by atoms with Gasteiger partial charge in [0.05, 0.1) is 10.6 Å². The van der Waals surface area contributed by atoms with Crippen LogP contribution < -0.4 is 0 Å². The number of benzene rings is 1. The Hall–Kier alpha value is -2.32. The lowest BCUT2D eigenvalue weighted by atomic mass is 10.1. The fraction of sp³-hybridized carbons (Fsp3) is 0.312. The minimum atomic E-state index is 0.0219. The van der Waals surface area contributed by atoms with Crippen molar-refractivity contribution in [3.8, 4) is 11.8 Å². The number of aryl methyl sites for hydroxylation is 1. The topological polar surface area (TPSA) is 74.7 Å². The van der Waals surface area contributed by atoms with Crippen molar-refractivity contribution in [3.63, 3.8) is 0 Å². The first-order chi connectivity index (χ1) is 10.7. The van der Waals surface area contributed by atoms with Crippen LogP contribution >= 0.6 is 11.6 Å². The average Bonchev–Trinajstić information content (AvgIpc) is 2.77. The Morgan fingerprint density at radius 3 is 2.95 bits per heavy atom. The molecule has 1 aromatic heterocycles. The van der Waals surface area contributed by atoms with E-state index in [0.717, 1.165) is 37.2 Å². The SMILES string of the molecule is N#C/C(=C/c1ccc(O)c(Cl)c1)c1nnc2n1CCCCC2. The molecular weight excluding hydrogens is 300 g/mol. The summed E-state index contributed by atoms with van der Waals surface area (Å²) in [5.74, 6) is 1.56. The monoisotopic (exact) mass is 314 g/mol. The van der Waals surface area contributed by atoms with Gasteiger partial charge in [0.25, 0.3) is 0 Å². The van der Waals surface area contributed by atoms with Crippen molar-refractivity contribution in [1.82, 2.24) is 14.8 Å². The molecule has 0 amide bonds. The molecule has 2 heterocycles. The average molecular weight is 315 g/mol. The van der Waals surface area contributed by atoms with E-state index in [1.165, 1.54) is 12.5 Å². The zero-order valence-electron chi connectivity index (χ0n) is 12.0. The van der Waals surface area contributed by atoms with Crippen LogP contribution in [0.2, 0.25) is 5.02 Å². The van der Waals surface area contributed by atoms with Gasteiger partial charge in [0.1, 0.15) is 17.6 Å². The van der Waals surface area contributed by atoms with Gasteiger partial charge in [0, 0.05) is 13.0 Å². The first-order valence-electron chi connectivity index (χ1n) is 7.22. The van der Waals surface area contributed by atoms with Crippen LogP contribution in [0.15, 0.2) is 18.2 Å². The highest BCUT2D eigenvalue weighted by atomic mass is 35.5. The quantitative estimate of drug-likeness (QED) is 0.862. The number of aromatic hydroxyl groups is 1. The standard InChI is InChI=1S/C16H15ClN4O/c17-13-9-11(5-6-14(13)22)8-12(10-18)16-20-19-15-4-2-1-3-7-21(15)16/h5-6,8-9,22H,1-4,7H2/b12-8-. The lowest BCUT2D eigenvalue weighted by Crippen LogP contribution is -2.05. The Morgan fingerprint density at radius 1 is 1.32 bits per heavy atom. The number of hydrogen-bond acceptors (Lipinski definition) is 4. The number of hydrogen-bond donors (Lipinski definition) is 1. The summed E-state index contributed by atoms with van der Waals surface area (Å²) >= 11 is 5.91. The maximum Gasteiger partial charge on any atom is 0.174 e. The Morgan fingerprint density at radius 2 is 2.18 bits per heavy atom. The molecule has 1 aliphatic rings. The van der Waals surface area contributed by atoms with Crippen molar-refractivity contribution >= 4 is 23.3 Å². The summed E-state index contributed by atoms with van der Waals surface area (Å²) in [6.45, 7) is 0.840. The van der Waals surface area contributed by atoms with E-state index in [1.807, 2.05) is 4.57 Å². The Labute approximate surface area is 133 Å². The summed E-state index contributed by atoms with van der Waals surface area (Å²) < 4.78 is 2.03. The highest BCUT2D eigenvalue weighted by Gasteiger charge is 2.17. The van der Waals surface area contributed by atoms with Gasteiger partial charge in [-0.3, -0.25) is 0 Å². The lowest BCUT2D eigenvalue weighted by Gasteiger charge is -2.06. The lowest BCUT2D eigenvalue weighted by molar-refractivity contribution is 0.475. The summed E-state index contributed by atoms with van der Waals surface area (Å²) in [4.78, 5) is 0. The molecule has 1 N–H and O–H groups in total. The minimum Gasteiger partial charge on any atom is -0.506 e. The van der Waals surface area contributed by atoms with Crippen LogP contribution in [-0.4, -0.2) is 19.9 Å². The molecule has 2 aromatic rings. The number of rotatable bonds is 2. The number of halogens is 1. The first-order valence-corrected chi connectivity index (χ1v) is 7.59. The number of fused-ring (bicyclic) bond motifs is 1. The maximum atomic E-state index is 9.47. The van der Waals surface area contributed by atoms with Crippen LogP contribution in [0.25, 0.3) is 11.6 Å². The second kappa shape index (κ2) is 6.20. The molecule has 1 aromatic carbocycles. The second-order valence-corrected chi connectivity index (χ2v) is 5.69. The van der Waals surface area contributed by atoms with Crippen LogP contribution in [0.3, 0.4) is 0 Å². The van der Waals surface area contributed by atoms with Crippen LogP contribution in [0, 0.1) is 11.3 Å². The van der Waals surface area contributed by atoms with Crippen LogP contribution in [0.5, 0.6) is 5.75 Å². The third kappa shape index (κ3) is 2.83. The zero-order valence-corrected chi connectivity index (χ0v) is 12.7. The van der Waals surface area contributed by atoms with Gasteiger partial charge >= 0.3 is 0 Å². The van der Waals surface area contributed by atoms with Crippen LogP contribution in [0.1, 0.15) is 36.5 Å². The Balaban J connectivity index is 2.01. The van der Waals surface area contributed by atoms with E-state index in [2.05, 4.69) is 16.3 Å². The number of nitrogens with zero attached hydrogens (tertiary/aromatic N) is 4. The predicted octanol–water partition coefficient (Wildman–Crippen LogP) is 3.43. The number of allylic oxidation sites excluding steroid dienone is 1. The summed E-state index contributed by atoms with van der Waals surface area (Å²) in [5.41, 5.74) is 1.19. The van der Waals surface area contributed by atoms with Crippen molar-refractivity contribution < 1.29 is 5.11 Å². The van der Waals surface area contributed by atoms with E-state index in [9.17, 15) is 10.4 Å². The van der Waals surface area contributed by atoms with Gasteiger partial charge in [-0.1, -0.05) is 24.1 Å². The van der Waals surface area contributed by atoms with Gasteiger partial charge in [0.2, 0.25) is 0 Å². The van der Waals surface area contributed by atoms with E-state index >= 15 is 0 Å². The normalized spacial score (nSPS) is 15.0. The van der Waals surface area contributed by atoms with Gasteiger partial charge in [-0.2, -0.15) is 5.26 Å². The van der Waals surface area contributed by atoms with Crippen LogP contribution in [0.4, 0.5) is 0 Å². The molecular formula is C16H15ClN4O. The van der Waals surface area contributed by atoms with E-state index in [4.69, 9.17) is 11.6 Å². The molecule has 1 aliphatic heterocycles. The molecule has 3 rings (SSSR count). The number of phenols is 1. The van der Waals surface area contributed by atoms with E-state index in [-0.39, 0.29) is 10.8 Å². The molecule has 5 nitrogen and oxygen atoms in total. The number of nitriles is 1. The molecule has 0 bridgehead atoms. The third-order valence-corrected chi connectivity index (χ3v) is 4.06. The molecule has 6 heteroatoms. The highest BCUT2D eigenvalue weighted by Crippen LogP contribution is 2.26. The van der Waals surface area contributed by atoms with Gasteiger partial charge in [0.15, 0.2) is 5.82 Å². The first kappa shape index (κ1) is 14.6. The second-order valence-electron chi connectivity index (χ2n) is 5.28. The number of phenolic OH excluding ortho intramolecular Hbond substituents is 1. The van der Waals surface area contributed by atoms with Crippen molar-refractivity contribution in [2.45, 2.75) is 32.2 Å². The van der Waals surface area contributed by atoms with E-state index in [1.54, 1.807) is 18.2 Å². The van der Waals surface area contributed by atoms with Crippen LogP contribution in [-0.2, 0) is 13.0 Å². The highest BCUT2D eigenvalue weighted by molar-refractivity contribution is 6.32. The van der Waals surface area contributed by atoms with Gasteiger partial charge in [-0.25, -0.2) is 0 Å². The third-order valence-electron chi connectivity index (χ3n) is 3.75. The van der Waals surface area contributed by atoms with Gasteiger partial charge < -0.3 is 9.67 Å². The van der Waals surface area contributed by atoms with E-state index in [0.29, 0.717) is 11.4 Å². The summed E-state index contributed by atoms with van der Waals surface area (Å²) in [6, 6.07) is 7.02. The zero-order chi connectivity index (χ0) is 15.5. The van der Waals surface area contributed by atoms with Gasteiger partial charge in [-0.05, 0) is 36.6 Å². The summed E-state index contributed by atoms with van der Waals surface area (Å²) in [7, 11) is 0. The number of aromatic nitrogens is 3. The van der Waals surface area contributed by atoms with Crippen molar-refractivity contribution in [1.29, 1.82) is 5.26 Å². The molecule has 22 heavy (non-hydrogen) atoms. The molecule has 0 unspecified atom stereocenters. The van der Waals surface area contributed by atoms with Gasteiger partial charge in [-0.15, -0.1) is 10.2 Å². The molecule has 0 aliphatic carbocycles. The summed E-state index contributed by atoms with van der Waals surface area (Å²) in [6.07, 6.45) is 5.96. The fourth-order valence-corrected chi connectivity index (χ4v) is 2.80. The summed E-state index contributed by atoms with van der Waals surface area (Å²) in [5, 5.41) is 27.6. The smallest absolute Gasteiger partial charge is 0.174 e. The van der Waals surface area contributed by atoms with Crippen molar-refractivity contribution in [2.24, 2.45) is 0 Å². The largest absolute Gasteiger partial charge is 0.506 e. The molecule has 0 spiro atoms. The van der Waals surface area contributed by atoms with E-state index < -0.39 is 0 Å². The Bertz CT molecular complexity index is 773. The Kier molecular flexibility index (Phi) is 4.12. The molecule has 112 valence electrons. The molecule has 0 saturated heterocycles. The molecule has 0 radical (unpaired) electrons. The molecule has 0 fully saturated rings. The maximum absolute atomic E-state index is 9.47. The predicted molar refractivity (Wildman–Crippen MR) is 84.2 cm³/mol. The molecule has 0 atom stereocenters. The van der Waals surface area contributed by atoms with Crippen molar-refractivity contribution in [3.05, 3.63) is 40.4 Å². The minimum absolute atomic E-state index is 0.0219.